The molecule has 1 nitrogen and oxygen atoms in total. The van der Waals surface area contributed by atoms with Crippen molar-refractivity contribution in [2.24, 2.45) is 11.8 Å². The maximum Gasteiger partial charge on any atom is 0.00871 e. The minimum Gasteiger partial charge on any atom is -0.317 e. The molecule has 84 valence electrons. The van der Waals surface area contributed by atoms with Crippen molar-refractivity contribution in [2.45, 2.75) is 64.8 Å². The summed E-state index contributed by atoms with van der Waals surface area (Å²) < 4.78 is 0. The molecular formula is C13H27N. The second kappa shape index (κ2) is 6.44. The molecule has 0 radical (unpaired) electrons. The first-order chi connectivity index (χ1) is 6.74. The smallest absolute Gasteiger partial charge is 0.00871 e. The van der Waals surface area contributed by atoms with Crippen molar-refractivity contribution in [1.29, 1.82) is 0 Å². The zero-order chi connectivity index (χ0) is 10.4. The Morgan fingerprint density at radius 3 is 2.29 bits per heavy atom. The first kappa shape index (κ1) is 12.0. The highest BCUT2D eigenvalue weighted by molar-refractivity contribution is 4.72. The number of hydrogen-bond acceptors (Lipinski definition) is 1. The van der Waals surface area contributed by atoms with Crippen molar-refractivity contribution in [3.05, 3.63) is 0 Å². The molecule has 1 saturated carbocycles. The molecule has 1 unspecified atom stereocenters. The predicted octanol–water partition coefficient (Wildman–Crippen LogP) is 3.59. The molecule has 0 spiro atoms. The van der Waals surface area contributed by atoms with Crippen LogP contribution in [-0.2, 0) is 0 Å². The van der Waals surface area contributed by atoms with Gasteiger partial charge >= 0.3 is 0 Å². The fourth-order valence-electron chi connectivity index (χ4n) is 2.70. The number of rotatable bonds is 5. The van der Waals surface area contributed by atoms with E-state index in [-0.39, 0.29) is 0 Å². The van der Waals surface area contributed by atoms with Gasteiger partial charge in [0.2, 0.25) is 0 Å². The first-order valence-electron chi connectivity index (χ1n) is 6.41. The molecule has 1 heteroatoms. The maximum absolute atomic E-state index is 3.44. The molecule has 0 aromatic rings. The highest BCUT2D eigenvalue weighted by atomic mass is 14.9. The van der Waals surface area contributed by atoms with Crippen LogP contribution in [0.2, 0.25) is 0 Å². The Morgan fingerprint density at radius 1 is 1.14 bits per heavy atom. The van der Waals surface area contributed by atoms with Crippen LogP contribution in [0.25, 0.3) is 0 Å². The van der Waals surface area contributed by atoms with Gasteiger partial charge in [0.15, 0.2) is 0 Å². The Morgan fingerprint density at radius 2 is 1.79 bits per heavy atom. The summed E-state index contributed by atoms with van der Waals surface area (Å²) in [4.78, 5) is 0. The molecule has 0 aliphatic heterocycles. The van der Waals surface area contributed by atoms with Crippen molar-refractivity contribution >= 4 is 0 Å². The van der Waals surface area contributed by atoms with E-state index in [0.717, 1.165) is 17.9 Å². The second-order valence-corrected chi connectivity index (χ2v) is 5.22. The van der Waals surface area contributed by atoms with Crippen molar-refractivity contribution in [3.63, 3.8) is 0 Å². The van der Waals surface area contributed by atoms with E-state index in [1.807, 2.05) is 0 Å². The van der Waals surface area contributed by atoms with Crippen molar-refractivity contribution in [1.82, 2.24) is 5.32 Å². The molecule has 0 saturated heterocycles. The summed E-state index contributed by atoms with van der Waals surface area (Å²) in [6, 6.07) is 0.733. The molecule has 14 heavy (non-hydrogen) atoms. The Hall–Kier alpha value is -0.0400. The Bertz CT molecular complexity index is 136. The summed E-state index contributed by atoms with van der Waals surface area (Å²) in [6.07, 6.45) is 10.3. The summed E-state index contributed by atoms with van der Waals surface area (Å²) in [5.41, 5.74) is 0. The van der Waals surface area contributed by atoms with Gasteiger partial charge in [-0.25, -0.2) is 0 Å². The van der Waals surface area contributed by atoms with Gasteiger partial charge in [-0.2, -0.15) is 0 Å². The zero-order valence-electron chi connectivity index (χ0n) is 10.2. The quantitative estimate of drug-likeness (QED) is 0.710. The monoisotopic (exact) mass is 197 g/mol. The second-order valence-electron chi connectivity index (χ2n) is 5.22. The van der Waals surface area contributed by atoms with Crippen molar-refractivity contribution < 1.29 is 0 Å². The van der Waals surface area contributed by atoms with Gasteiger partial charge in [0.1, 0.15) is 0 Å². The van der Waals surface area contributed by atoms with Gasteiger partial charge in [-0.1, -0.05) is 46.0 Å². The summed E-state index contributed by atoms with van der Waals surface area (Å²) in [5, 5.41) is 3.44. The number of nitrogens with one attached hydrogen (secondary N) is 1. The van der Waals surface area contributed by atoms with Crippen LogP contribution >= 0.6 is 0 Å². The third kappa shape index (κ3) is 4.00. The van der Waals surface area contributed by atoms with Crippen LogP contribution in [0.5, 0.6) is 0 Å². The number of hydrogen-bond donors (Lipinski definition) is 1. The molecule has 1 atom stereocenters. The van der Waals surface area contributed by atoms with Crippen LogP contribution in [0, 0.1) is 11.8 Å². The molecule has 1 rings (SSSR count). The summed E-state index contributed by atoms with van der Waals surface area (Å²) in [5.74, 6) is 1.82. The molecule has 0 bridgehead atoms. The maximum atomic E-state index is 3.44. The zero-order valence-corrected chi connectivity index (χ0v) is 10.2. The summed E-state index contributed by atoms with van der Waals surface area (Å²) in [6.45, 7) is 4.64. The lowest BCUT2D eigenvalue weighted by Gasteiger charge is -2.25. The van der Waals surface area contributed by atoms with E-state index in [0.29, 0.717) is 0 Å². The van der Waals surface area contributed by atoms with E-state index in [9.17, 15) is 0 Å². The molecular weight excluding hydrogens is 170 g/mol. The van der Waals surface area contributed by atoms with Gasteiger partial charge in [0.25, 0.3) is 0 Å². The summed E-state index contributed by atoms with van der Waals surface area (Å²) in [7, 11) is 2.10. The van der Waals surface area contributed by atoms with Gasteiger partial charge in [-0.3, -0.25) is 0 Å². The topological polar surface area (TPSA) is 12.0 Å². The molecule has 1 aliphatic carbocycles. The van der Waals surface area contributed by atoms with E-state index in [2.05, 4.69) is 26.2 Å². The lowest BCUT2D eigenvalue weighted by Crippen LogP contribution is -2.31. The molecule has 1 N–H and O–H groups in total. The Kier molecular flexibility index (Phi) is 5.54. The highest BCUT2D eigenvalue weighted by Gasteiger charge is 2.16. The largest absolute Gasteiger partial charge is 0.317 e. The summed E-state index contributed by atoms with van der Waals surface area (Å²) >= 11 is 0. The molecule has 0 amide bonds. The fourth-order valence-corrected chi connectivity index (χ4v) is 2.70. The average molecular weight is 197 g/mol. The van der Waals surface area contributed by atoms with Crippen molar-refractivity contribution in [3.8, 4) is 0 Å². The predicted molar refractivity (Wildman–Crippen MR) is 63.5 cm³/mol. The van der Waals surface area contributed by atoms with Crippen LogP contribution in [0.15, 0.2) is 0 Å². The van der Waals surface area contributed by atoms with Gasteiger partial charge in [0.05, 0.1) is 0 Å². The molecule has 0 heterocycles. The van der Waals surface area contributed by atoms with Crippen molar-refractivity contribution in [2.75, 3.05) is 7.05 Å². The van der Waals surface area contributed by atoms with Crippen LogP contribution in [0.3, 0.4) is 0 Å². The Labute approximate surface area is 89.7 Å². The SMILES string of the molecule is CNC(CCC1CCCCC1)C(C)C. The lowest BCUT2D eigenvalue weighted by atomic mass is 9.84. The third-order valence-corrected chi connectivity index (χ3v) is 3.79. The normalized spacial score (nSPS) is 21.4. The molecule has 0 aromatic carbocycles. The van der Waals surface area contributed by atoms with Crippen LogP contribution < -0.4 is 5.32 Å². The van der Waals surface area contributed by atoms with Gasteiger partial charge < -0.3 is 5.32 Å². The van der Waals surface area contributed by atoms with E-state index >= 15 is 0 Å². The van der Waals surface area contributed by atoms with Gasteiger partial charge in [0, 0.05) is 6.04 Å². The van der Waals surface area contributed by atoms with Gasteiger partial charge in [-0.05, 0) is 31.7 Å². The van der Waals surface area contributed by atoms with Crippen LogP contribution in [-0.4, -0.2) is 13.1 Å². The fraction of sp³-hybridized carbons (Fsp3) is 1.00. The molecule has 1 fully saturated rings. The Balaban J connectivity index is 2.16. The van der Waals surface area contributed by atoms with Crippen LogP contribution in [0.4, 0.5) is 0 Å². The third-order valence-electron chi connectivity index (χ3n) is 3.79. The standard InChI is InChI=1S/C13H27N/c1-11(2)13(14-3)10-9-12-7-5-4-6-8-12/h11-14H,4-10H2,1-3H3. The minimum absolute atomic E-state index is 0.733. The van der Waals surface area contributed by atoms with E-state index in [4.69, 9.17) is 0 Å². The molecule has 0 aromatic heterocycles. The van der Waals surface area contributed by atoms with Crippen LogP contribution in [0.1, 0.15) is 58.8 Å². The highest BCUT2D eigenvalue weighted by Crippen LogP contribution is 2.28. The minimum atomic E-state index is 0.733. The van der Waals surface area contributed by atoms with Gasteiger partial charge in [-0.15, -0.1) is 0 Å². The lowest BCUT2D eigenvalue weighted by molar-refractivity contribution is 0.297. The molecule has 1 aliphatic rings. The van der Waals surface area contributed by atoms with E-state index in [1.54, 1.807) is 0 Å². The van der Waals surface area contributed by atoms with E-state index < -0.39 is 0 Å². The van der Waals surface area contributed by atoms with E-state index in [1.165, 1.54) is 44.9 Å². The average Bonchev–Trinajstić information content (AvgIpc) is 2.20. The first-order valence-corrected chi connectivity index (χ1v) is 6.41.